The Kier molecular flexibility index (Phi) is 43.9. The van der Waals surface area contributed by atoms with E-state index in [9.17, 15) is 19.4 Å². The molecule has 8 nitrogen and oxygen atoms in total. The second-order valence-electron chi connectivity index (χ2n) is 19.6. The summed E-state index contributed by atoms with van der Waals surface area (Å²) in [6, 6.07) is -0.795. The number of nitrogens with one attached hydrogen (secondary N) is 1. The van der Waals surface area contributed by atoms with Gasteiger partial charge in [-0.05, 0) is 38.5 Å². The van der Waals surface area contributed by atoms with Crippen LogP contribution in [0.5, 0.6) is 0 Å². The summed E-state index contributed by atoms with van der Waals surface area (Å²) >= 11 is 0. The highest BCUT2D eigenvalue weighted by Crippen LogP contribution is 2.38. The molecule has 3 unspecified atom stereocenters. The molecule has 61 heavy (non-hydrogen) atoms. The van der Waals surface area contributed by atoms with Crippen LogP contribution >= 0.6 is 7.82 Å². The SMILES string of the molecule is CCCCCCCCCCCCCC/C=C\CCCCCCCCCCCCCCCCC(=O)NC(COP(=O)([O-])OCC[N+](C)(C)C)C(O)CCCCCCCCCCC. The summed E-state index contributed by atoms with van der Waals surface area (Å²) < 4.78 is 23.3. The van der Waals surface area contributed by atoms with Gasteiger partial charge in [0.05, 0.1) is 39.9 Å². The van der Waals surface area contributed by atoms with Gasteiger partial charge in [-0.3, -0.25) is 9.36 Å². The molecule has 2 N–H and O–H groups in total. The van der Waals surface area contributed by atoms with E-state index in [0.29, 0.717) is 23.9 Å². The van der Waals surface area contributed by atoms with E-state index in [4.69, 9.17) is 9.05 Å². The van der Waals surface area contributed by atoms with Crippen LogP contribution in [-0.2, 0) is 18.4 Å². The molecule has 0 bridgehead atoms. The quantitative estimate of drug-likeness (QED) is 0.0273. The Morgan fingerprint density at radius 3 is 1.28 bits per heavy atom. The summed E-state index contributed by atoms with van der Waals surface area (Å²) in [5, 5.41) is 13.9. The molecule has 0 rings (SSSR count). The van der Waals surface area contributed by atoms with E-state index < -0.39 is 20.0 Å². The van der Waals surface area contributed by atoms with Crippen molar-refractivity contribution in [1.29, 1.82) is 0 Å². The smallest absolute Gasteiger partial charge is 0.268 e. The van der Waals surface area contributed by atoms with E-state index in [0.717, 1.165) is 38.5 Å². The van der Waals surface area contributed by atoms with Gasteiger partial charge in [0.2, 0.25) is 5.91 Å². The third kappa shape index (κ3) is 47.0. The number of aliphatic hydroxyl groups is 1. The van der Waals surface area contributed by atoms with Crippen molar-refractivity contribution >= 4 is 13.7 Å². The maximum absolute atomic E-state index is 12.9. The Morgan fingerprint density at radius 2 is 0.902 bits per heavy atom. The molecular formula is C52H105N2O6P. The fourth-order valence-corrected chi connectivity index (χ4v) is 8.76. The number of carbonyl (C=O) groups excluding carboxylic acids is 1. The first-order valence-corrected chi connectivity index (χ1v) is 28.0. The molecule has 0 aromatic rings. The molecule has 0 saturated carbocycles. The van der Waals surface area contributed by atoms with E-state index in [1.54, 1.807) is 0 Å². The lowest BCUT2D eigenvalue weighted by Gasteiger charge is -2.30. The molecule has 0 spiro atoms. The van der Waals surface area contributed by atoms with Gasteiger partial charge in [-0.25, -0.2) is 0 Å². The lowest BCUT2D eigenvalue weighted by molar-refractivity contribution is -0.870. The first kappa shape index (κ1) is 60.2. The number of amides is 1. The predicted molar refractivity (Wildman–Crippen MR) is 261 cm³/mol. The first-order valence-electron chi connectivity index (χ1n) is 26.5. The second-order valence-corrected chi connectivity index (χ2v) is 21.0. The van der Waals surface area contributed by atoms with E-state index in [2.05, 4.69) is 31.3 Å². The molecule has 0 aliphatic heterocycles. The van der Waals surface area contributed by atoms with Gasteiger partial charge in [0.25, 0.3) is 7.82 Å². The Hall–Kier alpha value is -0.760. The number of phosphoric acid groups is 1. The molecule has 9 heteroatoms. The third-order valence-electron chi connectivity index (χ3n) is 12.3. The van der Waals surface area contributed by atoms with Crippen LogP contribution in [-0.4, -0.2) is 68.5 Å². The molecule has 0 aromatic heterocycles. The van der Waals surface area contributed by atoms with Gasteiger partial charge < -0.3 is 28.8 Å². The van der Waals surface area contributed by atoms with Gasteiger partial charge in [-0.15, -0.1) is 0 Å². The van der Waals surface area contributed by atoms with Crippen LogP contribution in [0.3, 0.4) is 0 Å². The van der Waals surface area contributed by atoms with Gasteiger partial charge in [0.15, 0.2) is 0 Å². The Balaban J connectivity index is 3.94. The van der Waals surface area contributed by atoms with Crippen LogP contribution in [0.15, 0.2) is 12.2 Å². The number of quaternary nitrogens is 1. The van der Waals surface area contributed by atoms with E-state index in [1.165, 1.54) is 199 Å². The van der Waals surface area contributed by atoms with Crippen LogP contribution in [0, 0.1) is 0 Å². The minimum absolute atomic E-state index is 0.0143. The van der Waals surface area contributed by atoms with Crippen LogP contribution in [0.25, 0.3) is 0 Å². The number of allylic oxidation sites excluding steroid dienone is 2. The monoisotopic (exact) mass is 885 g/mol. The van der Waals surface area contributed by atoms with Gasteiger partial charge in [-0.1, -0.05) is 231 Å². The van der Waals surface area contributed by atoms with Crippen molar-refractivity contribution < 1.29 is 32.9 Å². The van der Waals surface area contributed by atoms with Gasteiger partial charge in [-0.2, -0.15) is 0 Å². The molecule has 0 aromatic carbocycles. The molecule has 1 amide bonds. The number of carbonyl (C=O) groups is 1. The molecule has 0 saturated heterocycles. The van der Waals surface area contributed by atoms with E-state index >= 15 is 0 Å². The Morgan fingerprint density at radius 1 is 0.557 bits per heavy atom. The summed E-state index contributed by atoms with van der Waals surface area (Å²) in [4.78, 5) is 25.3. The van der Waals surface area contributed by atoms with Gasteiger partial charge >= 0.3 is 0 Å². The number of hydrogen-bond acceptors (Lipinski definition) is 6. The topological polar surface area (TPSA) is 108 Å². The molecule has 0 radical (unpaired) electrons. The summed E-state index contributed by atoms with van der Waals surface area (Å²) in [6.45, 7) is 4.72. The molecule has 0 aliphatic rings. The largest absolute Gasteiger partial charge is 0.756 e. The third-order valence-corrected chi connectivity index (χ3v) is 13.2. The second kappa shape index (κ2) is 44.4. The number of unbranched alkanes of at least 4 members (excludes halogenated alkanes) is 34. The summed E-state index contributed by atoms with van der Waals surface area (Å²) in [6.07, 6.45) is 52.6. The van der Waals surface area contributed by atoms with Crippen LogP contribution in [0.1, 0.15) is 264 Å². The van der Waals surface area contributed by atoms with Crippen molar-refractivity contribution in [2.45, 2.75) is 276 Å². The number of hydrogen-bond donors (Lipinski definition) is 2. The molecule has 0 aliphatic carbocycles. The highest BCUT2D eigenvalue weighted by molar-refractivity contribution is 7.45. The zero-order valence-electron chi connectivity index (χ0n) is 41.4. The average molecular weight is 885 g/mol. The van der Waals surface area contributed by atoms with E-state index in [-0.39, 0.29) is 19.1 Å². The van der Waals surface area contributed by atoms with Crippen molar-refractivity contribution in [3.8, 4) is 0 Å². The number of nitrogens with zero attached hydrogens (tertiary/aromatic N) is 1. The number of likely N-dealkylation sites (N-methyl/N-ethyl adjacent to an activating group) is 1. The van der Waals surface area contributed by atoms with Crippen molar-refractivity contribution in [1.82, 2.24) is 5.32 Å². The minimum Gasteiger partial charge on any atom is -0.756 e. The van der Waals surface area contributed by atoms with Crippen molar-refractivity contribution in [2.75, 3.05) is 40.9 Å². The van der Waals surface area contributed by atoms with Crippen molar-refractivity contribution in [2.24, 2.45) is 0 Å². The lowest BCUT2D eigenvalue weighted by atomic mass is 10.0. The highest BCUT2D eigenvalue weighted by Gasteiger charge is 2.24. The predicted octanol–water partition coefficient (Wildman–Crippen LogP) is 14.8. The highest BCUT2D eigenvalue weighted by atomic mass is 31.2. The fraction of sp³-hybridized carbons (Fsp3) is 0.942. The Labute approximate surface area is 380 Å². The molecule has 3 atom stereocenters. The average Bonchev–Trinajstić information content (AvgIpc) is 3.21. The zero-order valence-corrected chi connectivity index (χ0v) is 42.3. The fourth-order valence-electron chi connectivity index (χ4n) is 8.04. The normalized spacial score (nSPS) is 14.1. The molecule has 0 heterocycles. The Bertz CT molecular complexity index is 1000. The van der Waals surface area contributed by atoms with Crippen LogP contribution < -0.4 is 10.2 Å². The van der Waals surface area contributed by atoms with Crippen molar-refractivity contribution in [3.05, 3.63) is 12.2 Å². The number of aliphatic hydroxyl groups excluding tert-OH is 1. The van der Waals surface area contributed by atoms with Gasteiger partial charge in [0.1, 0.15) is 13.2 Å². The number of phosphoric ester groups is 1. The zero-order chi connectivity index (χ0) is 45.0. The van der Waals surface area contributed by atoms with Crippen LogP contribution in [0.2, 0.25) is 0 Å². The first-order chi connectivity index (χ1) is 29.5. The van der Waals surface area contributed by atoms with Crippen LogP contribution in [0.4, 0.5) is 0 Å². The summed E-state index contributed by atoms with van der Waals surface area (Å²) in [7, 11) is 1.31. The molecule has 364 valence electrons. The van der Waals surface area contributed by atoms with Gasteiger partial charge in [0, 0.05) is 6.42 Å². The summed E-state index contributed by atoms with van der Waals surface area (Å²) in [5.74, 6) is -0.163. The van der Waals surface area contributed by atoms with E-state index in [1.807, 2.05) is 21.1 Å². The molecule has 0 fully saturated rings. The molecular weight excluding hydrogens is 780 g/mol. The summed E-state index contributed by atoms with van der Waals surface area (Å²) in [5.41, 5.74) is 0. The van der Waals surface area contributed by atoms with Crippen molar-refractivity contribution in [3.63, 3.8) is 0 Å². The maximum Gasteiger partial charge on any atom is 0.268 e. The maximum atomic E-state index is 12.9. The standard InChI is InChI=1S/C52H105N2O6P/c1-6-8-10-12-14-16-17-18-19-20-21-22-23-24-25-26-27-28-29-30-31-32-33-34-35-36-38-40-42-44-46-52(56)53-50(49-60-61(57,58)59-48-47-54(3,4)5)51(55)45-43-41-39-37-15-13-11-9-7-2/h24-25,50-51,55H,6-23,26-49H2,1-5H3,(H-,53,56,57,58)/b25-24-. The minimum atomic E-state index is -4.56. The number of rotatable bonds is 49. The lowest BCUT2D eigenvalue weighted by Crippen LogP contribution is -2.46.